The highest BCUT2D eigenvalue weighted by Gasteiger charge is 2.45. The Morgan fingerprint density at radius 2 is 1.94 bits per heavy atom. The van der Waals surface area contributed by atoms with Gasteiger partial charge in [0.25, 0.3) is 0 Å². The average molecular weight is 436 g/mol. The third-order valence-electron chi connectivity index (χ3n) is 5.20. The van der Waals surface area contributed by atoms with E-state index in [-0.39, 0.29) is 12.2 Å². The number of benzene rings is 2. The summed E-state index contributed by atoms with van der Waals surface area (Å²) in [4.78, 5) is 25.8. The van der Waals surface area contributed by atoms with Gasteiger partial charge in [-0.15, -0.1) is 0 Å². The summed E-state index contributed by atoms with van der Waals surface area (Å²) in [5, 5.41) is 0.618. The first-order chi connectivity index (χ1) is 15.4. The molecule has 0 saturated carbocycles. The van der Waals surface area contributed by atoms with Crippen molar-refractivity contribution in [2.45, 2.75) is 25.9 Å². The van der Waals surface area contributed by atoms with Crippen LogP contribution in [0.3, 0.4) is 0 Å². The Bertz CT molecular complexity index is 1240. The van der Waals surface area contributed by atoms with Crippen molar-refractivity contribution in [2.75, 3.05) is 20.3 Å². The Morgan fingerprint density at radius 3 is 2.66 bits per heavy atom. The maximum Gasteiger partial charge on any atom is 0.348 e. The second kappa shape index (κ2) is 8.78. The van der Waals surface area contributed by atoms with Crippen LogP contribution >= 0.6 is 0 Å². The number of ether oxygens (including phenoxy) is 4. The molecule has 0 spiro atoms. The lowest BCUT2D eigenvalue weighted by molar-refractivity contribution is -0.151. The zero-order valence-electron chi connectivity index (χ0n) is 18.2. The van der Waals surface area contributed by atoms with Gasteiger partial charge in [0.05, 0.1) is 30.6 Å². The van der Waals surface area contributed by atoms with Crippen molar-refractivity contribution in [3.8, 4) is 17.2 Å². The van der Waals surface area contributed by atoms with Crippen molar-refractivity contribution in [1.29, 1.82) is 0 Å². The highest BCUT2D eigenvalue weighted by Crippen LogP contribution is 2.46. The first kappa shape index (κ1) is 21.5. The van der Waals surface area contributed by atoms with Gasteiger partial charge in [-0.25, -0.2) is 9.59 Å². The van der Waals surface area contributed by atoms with Gasteiger partial charge >= 0.3 is 11.6 Å². The number of fused-ring (bicyclic) bond motifs is 3. The molecule has 2 atom stereocenters. The molecule has 4 rings (SSSR count). The van der Waals surface area contributed by atoms with Gasteiger partial charge in [-0.2, -0.15) is 0 Å². The molecular weight excluding hydrogens is 412 g/mol. The van der Waals surface area contributed by atoms with E-state index in [1.807, 2.05) is 13.0 Å². The van der Waals surface area contributed by atoms with Crippen LogP contribution in [0.4, 0.5) is 0 Å². The molecule has 3 aromatic rings. The molecule has 2 aromatic carbocycles. The molecule has 0 saturated heterocycles. The van der Waals surface area contributed by atoms with Gasteiger partial charge in [0.1, 0.15) is 17.9 Å². The summed E-state index contributed by atoms with van der Waals surface area (Å²) in [6, 6.07) is 12.3. The summed E-state index contributed by atoms with van der Waals surface area (Å²) < 4.78 is 28.1. The minimum absolute atomic E-state index is 0.189. The van der Waals surface area contributed by atoms with Crippen LogP contribution < -0.4 is 19.8 Å². The molecule has 1 aromatic heterocycles. The number of hydrogen-bond acceptors (Lipinski definition) is 7. The molecule has 1 aliphatic rings. The van der Waals surface area contributed by atoms with E-state index in [2.05, 4.69) is 6.58 Å². The largest absolute Gasteiger partial charge is 0.493 e. The average Bonchev–Trinajstić information content (AvgIpc) is 3.19. The molecule has 0 aliphatic carbocycles. The van der Waals surface area contributed by atoms with Crippen molar-refractivity contribution in [1.82, 2.24) is 0 Å². The lowest BCUT2D eigenvalue weighted by Gasteiger charge is -2.19. The van der Waals surface area contributed by atoms with Crippen molar-refractivity contribution in [3.05, 3.63) is 76.2 Å². The van der Waals surface area contributed by atoms with Crippen LogP contribution in [0, 0.1) is 0 Å². The second-order valence-corrected chi connectivity index (χ2v) is 7.55. The Kier molecular flexibility index (Phi) is 5.90. The molecule has 0 unspecified atom stereocenters. The van der Waals surface area contributed by atoms with Gasteiger partial charge in [0.2, 0.25) is 6.10 Å². The molecule has 1 aliphatic heterocycles. The molecule has 7 heteroatoms. The van der Waals surface area contributed by atoms with E-state index < -0.39 is 23.6 Å². The van der Waals surface area contributed by atoms with Crippen molar-refractivity contribution < 1.29 is 28.2 Å². The SMILES string of the molecule is C=C(C)COc1ccc([C@@H]2c3c(c4ccccc4oc3=O)O[C@@H]2C(=O)OCC)cc1OC. The maximum absolute atomic E-state index is 13.0. The standard InChI is InChI=1S/C25H24O7/c1-5-29-25(27)23-20(15-10-11-18(19(12-15)28-4)30-13-14(2)3)21-22(32-23)16-8-6-7-9-17(16)31-24(21)26/h6-12,20,23H,2,5,13H2,1,3-4H3/t20-,23+/m1/s1. The number of rotatable bonds is 7. The normalized spacial score (nSPS) is 16.8. The molecule has 166 valence electrons. The van der Waals surface area contributed by atoms with Gasteiger partial charge in [0.15, 0.2) is 11.5 Å². The minimum Gasteiger partial charge on any atom is -0.493 e. The summed E-state index contributed by atoms with van der Waals surface area (Å²) in [7, 11) is 1.52. The van der Waals surface area contributed by atoms with Crippen LogP contribution in [-0.2, 0) is 9.53 Å². The first-order valence-electron chi connectivity index (χ1n) is 10.3. The third-order valence-corrected chi connectivity index (χ3v) is 5.20. The van der Waals surface area contributed by atoms with E-state index in [1.54, 1.807) is 43.3 Å². The number of esters is 1. The highest BCUT2D eigenvalue weighted by molar-refractivity contribution is 5.88. The molecule has 32 heavy (non-hydrogen) atoms. The number of para-hydroxylation sites is 1. The molecule has 0 N–H and O–H groups in total. The van der Waals surface area contributed by atoms with E-state index in [0.29, 0.717) is 40.4 Å². The summed E-state index contributed by atoms with van der Waals surface area (Å²) >= 11 is 0. The van der Waals surface area contributed by atoms with Gasteiger partial charge in [-0.1, -0.05) is 24.8 Å². The Hall–Kier alpha value is -3.74. The van der Waals surface area contributed by atoms with Gasteiger partial charge in [-0.3, -0.25) is 0 Å². The van der Waals surface area contributed by atoms with Crippen molar-refractivity contribution >= 4 is 16.9 Å². The Balaban J connectivity index is 1.86. The summed E-state index contributed by atoms with van der Waals surface area (Å²) in [6.07, 6.45) is -1.04. The number of methoxy groups -OCH3 is 1. The van der Waals surface area contributed by atoms with Crippen LogP contribution in [0.15, 0.2) is 63.8 Å². The maximum atomic E-state index is 13.0. The van der Waals surface area contributed by atoms with Crippen LogP contribution in [-0.4, -0.2) is 32.4 Å². The predicted octanol–water partition coefficient (Wildman–Crippen LogP) is 4.21. The van der Waals surface area contributed by atoms with E-state index in [0.717, 1.165) is 5.57 Å². The lowest BCUT2D eigenvalue weighted by atomic mass is 9.88. The smallest absolute Gasteiger partial charge is 0.348 e. The third kappa shape index (κ3) is 3.82. The topological polar surface area (TPSA) is 84.2 Å². The van der Waals surface area contributed by atoms with Gasteiger partial charge in [-0.05, 0) is 49.2 Å². The van der Waals surface area contributed by atoms with E-state index in [4.69, 9.17) is 23.4 Å². The first-order valence-corrected chi connectivity index (χ1v) is 10.3. The quantitative estimate of drug-likeness (QED) is 0.312. The van der Waals surface area contributed by atoms with Crippen LogP contribution in [0.1, 0.15) is 30.9 Å². The predicted molar refractivity (Wildman–Crippen MR) is 119 cm³/mol. The summed E-state index contributed by atoms with van der Waals surface area (Å²) in [6.45, 7) is 7.94. The zero-order valence-corrected chi connectivity index (χ0v) is 18.2. The van der Waals surface area contributed by atoms with Crippen LogP contribution in [0.25, 0.3) is 11.0 Å². The fourth-order valence-electron chi connectivity index (χ4n) is 3.83. The second-order valence-electron chi connectivity index (χ2n) is 7.55. The molecule has 0 bridgehead atoms. The lowest BCUT2D eigenvalue weighted by Crippen LogP contribution is -2.32. The monoisotopic (exact) mass is 436 g/mol. The number of carbonyl (C=O) groups is 1. The van der Waals surface area contributed by atoms with Crippen LogP contribution in [0.2, 0.25) is 0 Å². The highest BCUT2D eigenvalue weighted by atomic mass is 16.6. The van der Waals surface area contributed by atoms with E-state index >= 15 is 0 Å². The van der Waals surface area contributed by atoms with Crippen molar-refractivity contribution in [3.63, 3.8) is 0 Å². The Morgan fingerprint density at radius 1 is 1.16 bits per heavy atom. The van der Waals surface area contributed by atoms with E-state index in [9.17, 15) is 9.59 Å². The molecule has 7 nitrogen and oxygen atoms in total. The van der Waals surface area contributed by atoms with Crippen LogP contribution in [0.5, 0.6) is 17.2 Å². The molecule has 0 fully saturated rings. The molecule has 0 amide bonds. The fraction of sp³-hybridized carbons (Fsp3) is 0.280. The molecule has 0 radical (unpaired) electrons. The minimum atomic E-state index is -1.04. The zero-order chi connectivity index (χ0) is 22.8. The molecule has 2 heterocycles. The van der Waals surface area contributed by atoms with E-state index in [1.165, 1.54) is 7.11 Å². The molecular formula is C25H24O7. The Labute approximate surface area is 185 Å². The summed E-state index contributed by atoms with van der Waals surface area (Å²) in [5.41, 5.74) is 1.61. The summed E-state index contributed by atoms with van der Waals surface area (Å²) in [5.74, 6) is 0.0378. The number of hydrogen-bond donors (Lipinski definition) is 0. The van der Waals surface area contributed by atoms with Gasteiger partial charge < -0.3 is 23.4 Å². The van der Waals surface area contributed by atoms with Gasteiger partial charge in [0, 0.05) is 0 Å². The fourth-order valence-corrected chi connectivity index (χ4v) is 3.83. The number of carbonyl (C=O) groups excluding carboxylic acids is 1. The van der Waals surface area contributed by atoms with Crippen molar-refractivity contribution in [2.24, 2.45) is 0 Å².